The quantitative estimate of drug-likeness (QED) is 0.113. The number of aromatic carboxylic acids is 2. The van der Waals surface area contributed by atoms with Gasteiger partial charge in [0.2, 0.25) is 11.8 Å². The third kappa shape index (κ3) is 14.2. The molecule has 0 spiro atoms. The van der Waals surface area contributed by atoms with Crippen molar-refractivity contribution >= 4 is 23.4 Å². The number of benzene rings is 6. The van der Waals surface area contributed by atoms with Gasteiger partial charge in [-0.05, 0) is 192 Å². The van der Waals surface area contributed by atoms with Gasteiger partial charge in [-0.1, -0.05) is 34.6 Å². The summed E-state index contributed by atoms with van der Waals surface area (Å²) in [5.41, 5.74) is -3.77. The first kappa shape index (κ1) is 71.1. The van der Waals surface area contributed by atoms with Crippen LogP contribution >= 0.6 is 0 Å². The van der Waals surface area contributed by atoms with E-state index in [1.807, 2.05) is 0 Å². The lowest BCUT2D eigenvalue weighted by Crippen LogP contribution is -2.18. The number of methoxy groups -OCH3 is 2. The summed E-state index contributed by atoms with van der Waals surface area (Å²) < 4.78 is 259. The molecule has 524 valence electrons. The molecule has 0 bridgehead atoms. The Morgan fingerprint density at radius 3 is 1.01 bits per heavy atom. The molecule has 2 aromatic heterocycles. The topological polar surface area (TPSA) is 162 Å². The van der Waals surface area contributed by atoms with Crippen molar-refractivity contribution in [2.45, 2.75) is 101 Å². The molecule has 6 aromatic carbocycles. The number of carboxylic acid groups (broad SMARTS) is 2. The van der Waals surface area contributed by atoms with Crippen LogP contribution in [0.4, 0.5) is 79.0 Å². The minimum atomic E-state index is -5.10. The van der Waals surface area contributed by atoms with E-state index < -0.39 is 129 Å². The second-order valence-corrected chi connectivity index (χ2v) is 24.1. The Kier molecular flexibility index (Phi) is 18.6. The van der Waals surface area contributed by atoms with E-state index in [2.05, 4.69) is 20.3 Å². The van der Waals surface area contributed by atoms with Crippen LogP contribution in [-0.4, -0.2) is 57.8 Å². The van der Waals surface area contributed by atoms with Crippen molar-refractivity contribution in [1.29, 1.82) is 0 Å². The molecule has 2 aliphatic heterocycles. The van der Waals surface area contributed by atoms with Crippen LogP contribution in [0.5, 0.6) is 11.8 Å². The van der Waals surface area contributed by atoms with E-state index in [0.29, 0.717) is 57.6 Å². The lowest BCUT2D eigenvalue weighted by molar-refractivity contribution is -0.145. The number of fused-ring (bicyclic) bond motifs is 2. The molecule has 2 fully saturated rings. The van der Waals surface area contributed by atoms with Crippen molar-refractivity contribution in [2.75, 3.05) is 14.2 Å². The number of alkyl halides is 18. The predicted octanol–water partition coefficient (Wildman–Crippen LogP) is 20.2. The van der Waals surface area contributed by atoms with E-state index in [1.54, 1.807) is 38.1 Å². The van der Waals surface area contributed by atoms with E-state index in [9.17, 15) is 98.8 Å². The monoisotopic (exact) mass is 1420 g/mol. The average Bonchev–Trinajstić information content (AvgIpc) is 1.55. The number of halogens is 18. The molecule has 6 atom stereocenters. The Hall–Kier alpha value is -10.2. The van der Waals surface area contributed by atoms with Crippen LogP contribution in [-0.2, 0) is 46.7 Å². The summed E-state index contributed by atoms with van der Waals surface area (Å²) in [5.74, 6) is -5.53. The molecule has 12 rings (SSSR count). The van der Waals surface area contributed by atoms with Crippen LogP contribution in [0, 0.1) is 25.7 Å². The van der Waals surface area contributed by atoms with Gasteiger partial charge < -0.3 is 29.4 Å². The summed E-state index contributed by atoms with van der Waals surface area (Å²) in [6, 6.07) is 20.5. The number of hydrogen-bond donors (Lipinski definition) is 2. The molecule has 30 heteroatoms. The number of hydrogen-bond acceptors (Lipinski definition) is 10. The molecule has 0 amide bonds. The van der Waals surface area contributed by atoms with Crippen molar-refractivity contribution in [1.82, 2.24) is 9.97 Å². The minimum absolute atomic E-state index is 0.00410. The van der Waals surface area contributed by atoms with Crippen LogP contribution in [0.15, 0.2) is 144 Å². The molecular weight excluding hydrogens is 1370 g/mol. The van der Waals surface area contributed by atoms with Crippen molar-refractivity contribution in [3.8, 4) is 56.3 Å². The third-order valence-corrected chi connectivity index (χ3v) is 17.9. The highest BCUT2D eigenvalue weighted by molar-refractivity contribution is 5.99. The van der Waals surface area contributed by atoms with Crippen molar-refractivity contribution in [2.24, 2.45) is 22.1 Å². The maximum atomic E-state index is 14.1. The molecular formula is C70H50F18N4O8. The third-order valence-electron chi connectivity index (χ3n) is 17.9. The van der Waals surface area contributed by atoms with Crippen LogP contribution in [0.3, 0.4) is 0 Å². The average molecular weight is 1420 g/mol. The van der Waals surface area contributed by atoms with Crippen LogP contribution < -0.4 is 9.47 Å². The molecule has 0 radical (unpaired) electrons. The summed E-state index contributed by atoms with van der Waals surface area (Å²) in [5, 5.41) is 26.8. The smallest absolute Gasteiger partial charge is 0.416 e. The van der Waals surface area contributed by atoms with Crippen LogP contribution in [0.2, 0.25) is 0 Å². The van der Waals surface area contributed by atoms with E-state index in [1.165, 1.54) is 63.0 Å². The number of ether oxygens (including phenoxy) is 2. The molecule has 8 aromatic rings. The number of aryl methyl sites for hydroxylation is 2. The van der Waals surface area contributed by atoms with Gasteiger partial charge in [0.15, 0.2) is 12.2 Å². The lowest BCUT2D eigenvalue weighted by atomic mass is 9.84. The summed E-state index contributed by atoms with van der Waals surface area (Å²) in [4.78, 5) is 42.5. The van der Waals surface area contributed by atoms with Gasteiger partial charge in [-0.25, -0.2) is 19.6 Å². The van der Waals surface area contributed by atoms with Gasteiger partial charge in [-0.2, -0.15) is 79.0 Å². The first-order valence-electron chi connectivity index (χ1n) is 30.0. The zero-order valence-electron chi connectivity index (χ0n) is 51.9. The number of carbonyl (C=O) groups is 2. The van der Waals surface area contributed by atoms with Crippen LogP contribution in [0.1, 0.15) is 137 Å². The maximum Gasteiger partial charge on any atom is 0.416 e. The Bertz CT molecular complexity index is 4260. The van der Waals surface area contributed by atoms with Gasteiger partial charge in [0, 0.05) is 58.3 Å². The largest absolute Gasteiger partial charge is 0.481 e. The fourth-order valence-electron chi connectivity index (χ4n) is 13.3. The summed E-state index contributed by atoms with van der Waals surface area (Å²) in [7, 11) is 2.63. The molecule has 0 saturated heterocycles. The second kappa shape index (κ2) is 26.2. The standard InChI is InChI=1S/2C35H25F9N2O4/c2*1-16-9-17(32(47)48)3-5-23(16)19-12-28(31(49-2)45-15-19)24-6-4-20(33(36,37)38)14-27(24)25-7-8-26-29(25)46-50-30(26)18-10-21(34(39,40)41)13-22(11-18)35(42,43)44/h2*3-6,9-15,25-26,30H,7-8H2,1-2H3,(H,47,48)/t2*25-,26+,30+/m10/s1. The van der Waals surface area contributed by atoms with Gasteiger partial charge in [-0.3, -0.25) is 0 Å². The molecule has 2 N–H and O–H groups in total. The fourth-order valence-corrected chi connectivity index (χ4v) is 13.3. The van der Waals surface area contributed by atoms with Gasteiger partial charge >= 0.3 is 49.0 Å². The van der Waals surface area contributed by atoms with E-state index in [4.69, 9.17) is 19.1 Å². The Morgan fingerprint density at radius 1 is 0.400 bits per heavy atom. The zero-order chi connectivity index (χ0) is 72.7. The van der Waals surface area contributed by atoms with Gasteiger partial charge in [0.1, 0.15) is 0 Å². The molecule has 0 unspecified atom stereocenters. The maximum absolute atomic E-state index is 14.1. The fraction of sp³-hybridized carbons (Fsp3) is 0.286. The Labute approximate surface area is 554 Å². The number of nitrogens with zero attached hydrogens (tertiary/aromatic N) is 4. The van der Waals surface area contributed by atoms with Gasteiger partial charge in [-0.15, -0.1) is 0 Å². The second-order valence-electron chi connectivity index (χ2n) is 24.1. The molecule has 2 saturated carbocycles. The Morgan fingerprint density at radius 2 is 0.720 bits per heavy atom. The lowest BCUT2D eigenvalue weighted by Gasteiger charge is -2.21. The minimum Gasteiger partial charge on any atom is -0.481 e. The molecule has 4 heterocycles. The van der Waals surface area contributed by atoms with Gasteiger partial charge in [0.05, 0.1) is 70.2 Å². The number of pyridine rings is 2. The highest BCUT2D eigenvalue weighted by atomic mass is 19.4. The van der Waals surface area contributed by atoms with Crippen molar-refractivity contribution < 1.29 is 118 Å². The highest BCUT2D eigenvalue weighted by Gasteiger charge is 2.50. The number of aromatic nitrogens is 2. The normalized spacial score (nSPS) is 19.2. The van der Waals surface area contributed by atoms with Crippen molar-refractivity contribution in [3.05, 3.63) is 212 Å². The summed E-state index contributed by atoms with van der Waals surface area (Å²) >= 11 is 0. The number of oxime groups is 2. The molecule has 100 heavy (non-hydrogen) atoms. The summed E-state index contributed by atoms with van der Waals surface area (Å²) in [6.07, 6.45) is -29.1. The van der Waals surface area contributed by atoms with E-state index in [0.717, 1.165) is 24.3 Å². The SMILES string of the molecule is COc1ncc(-c2ccc(C(=O)O)cc2C)cc1-c1ccc(C(F)(F)F)cc1[C@@H]1CC[C@@H]2C1=NO[C@@H]2c1cc(C(F)(F)F)cc(C(F)(F)F)c1.COc1ncc(-c2ccc(C(=O)O)cc2C)cc1-c1ccc(C(F)(F)F)cc1[C@H]1CC[C@H]2C1=NO[C@H]2c1cc(C(F)(F)F)cc(C(F)(F)F)c1. The zero-order valence-corrected chi connectivity index (χ0v) is 51.9. The molecule has 4 aliphatic rings. The van der Waals surface area contributed by atoms with Crippen LogP contribution in [0.25, 0.3) is 44.5 Å². The van der Waals surface area contributed by atoms with Gasteiger partial charge in [0.25, 0.3) is 0 Å². The molecule has 2 aliphatic carbocycles. The van der Waals surface area contributed by atoms with Crippen molar-refractivity contribution in [3.63, 3.8) is 0 Å². The highest BCUT2D eigenvalue weighted by Crippen LogP contribution is 2.55. The van der Waals surface area contributed by atoms with E-state index >= 15 is 0 Å². The number of carboxylic acids is 2. The number of rotatable bonds is 12. The first-order valence-corrected chi connectivity index (χ1v) is 30.0. The summed E-state index contributed by atoms with van der Waals surface area (Å²) in [6.45, 7) is 3.37. The Balaban J connectivity index is 0.000000202. The van der Waals surface area contributed by atoms with E-state index in [-0.39, 0.29) is 106 Å². The first-order chi connectivity index (χ1) is 46.7. The predicted molar refractivity (Wildman–Crippen MR) is 323 cm³/mol. The molecule has 12 nitrogen and oxygen atoms in total.